The van der Waals surface area contributed by atoms with Crippen molar-refractivity contribution in [2.24, 2.45) is 5.92 Å². The van der Waals surface area contributed by atoms with E-state index in [0.29, 0.717) is 19.0 Å². The second-order valence-electron chi connectivity index (χ2n) is 8.10. The Bertz CT molecular complexity index is 729. The van der Waals surface area contributed by atoms with E-state index in [1.807, 2.05) is 30.3 Å². The van der Waals surface area contributed by atoms with Crippen LogP contribution in [-0.2, 0) is 14.8 Å². The molecule has 156 valence electrons. The lowest BCUT2D eigenvalue weighted by Crippen LogP contribution is -2.53. The first-order valence-corrected chi connectivity index (χ1v) is 11.7. The standard InChI is InChI=1S/C21H33N3O3S/c1-19(2)16-23-13-14-27-21(18-23)17-22-9-11-24(12-10-22)28(25,26)15-8-20-6-4-3-5-7-20/h3-8,15,19,21H,9-14,16-18H2,1-2H3/b15-8+/t21-/m0/s1. The van der Waals surface area contributed by atoms with Crippen molar-refractivity contribution in [2.75, 3.05) is 59.0 Å². The monoisotopic (exact) mass is 407 g/mol. The summed E-state index contributed by atoms with van der Waals surface area (Å²) in [5.74, 6) is 0.663. The van der Waals surface area contributed by atoms with E-state index in [2.05, 4.69) is 23.6 Å². The molecule has 1 aromatic rings. The number of piperazine rings is 1. The first-order valence-electron chi connectivity index (χ1n) is 10.2. The van der Waals surface area contributed by atoms with Crippen LogP contribution in [0.1, 0.15) is 19.4 Å². The zero-order chi connectivity index (χ0) is 20.0. The predicted molar refractivity (Wildman–Crippen MR) is 113 cm³/mol. The van der Waals surface area contributed by atoms with Crippen LogP contribution in [0.3, 0.4) is 0 Å². The average Bonchev–Trinajstić information content (AvgIpc) is 2.67. The van der Waals surface area contributed by atoms with Gasteiger partial charge in [0.1, 0.15) is 0 Å². The van der Waals surface area contributed by atoms with E-state index in [1.165, 1.54) is 5.41 Å². The van der Waals surface area contributed by atoms with E-state index >= 15 is 0 Å². The molecule has 0 bridgehead atoms. The molecule has 2 aliphatic heterocycles. The van der Waals surface area contributed by atoms with E-state index in [9.17, 15) is 8.42 Å². The van der Waals surface area contributed by atoms with Gasteiger partial charge in [0.25, 0.3) is 0 Å². The second kappa shape index (κ2) is 9.98. The number of ether oxygens (including phenoxy) is 1. The third kappa shape index (κ3) is 6.39. The van der Waals surface area contributed by atoms with Crippen LogP contribution in [-0.4, -0.2) is 87.6 Å². The fourth-order valence-electron chi connectivity index (χ4n) is 3.84. The Kier molecular flexibility index (Phi) is 7.65. The highest BCUT2D eigenvalue weighted by Crippen LogP contribution is 2.14. The minimum absolute atomic E-state index is 0.216. The molecule has 2 aliphatic rings. The van der Waals surface area contributed by atoms with Crippen LogP contribution >= 0.6 is 0 Å². The van der Waals surface area contributed by atoms with Gasteiger partial charge in [-0.05, 0) is 17.6 Å². The number of nitrogens with zero attached hydrogens (tertiary/aromatic N) is 3. The molecular formula is C21H33N3O3S. The van der Waals surface area contributed by atoms with Crippen LogP contribution in [0.15, 0.2) is 35.7 Å². The lowest BCUT2D eigenvalue weighted by molar-refractivity contribution is -0.0486. The maximum Gasteiger partial charge on any atom is 0.236 e. The van der Waals surface area contributed by atoms with Gasteiger partial charge in [-0.3, -0.25) is 9.80 Å². The van der Waals surface area contributed by atoms with Crippen molar-refractivity contribution < 1.29 is 13.2 Å². The van der Waals surface area contributed by atoms with Crippen molar-refractivity contribution in [2.45, 2.75) is 20.0 Å². The van der Waals surface area contributed by atoms with E-state index in [-0.39, 0.29) is 6.10 Å². The molecule has 0 amide bonds. The van der Waals surface area contributed by atoms with Gasteiger partial charge in [0.2, 0.25) is 10.0 Å². The molecule has 2 heterocycles. The molecule has 1 atom stereocenters. The summed E-state index contributed by atoms with van der Waals surface area (Å²) < 4.78 is 32.7. The number of sulfonamides is 1. The van der Waals surface area contributed by atoms with Crippen molar-refractivity contribution >= 4 is 16.1 Å². The summed E-state index contributed by atoms with van der Waals surface area (Å²) in [7, 11) is -3.37. The molecular weight excluding hydrogens is 374 g/mol. The molecule has 0 unspecified atom stereocenters. The maximum absolute atomic E-state index is 12.6. The molecule has 1 aromatic carbocycles. The summed E-state index contributed by atoms with van der Waals surface area (Å²) in [6, 6.07) is 9.53. The normalized spacial score (nSPS) is 23.6. The van der Waals surface area contributed by atoms with E-state index in [4.69, 9.17) is 4.74 Å². The van der Waals surface area contributed by atoms with Gasteiger partial charge < -0.3 is 4.74 Å². The fourth-order valence-corrected chi connectivity index (χ4v) is 5.02. The topological polar surface area (TPSA) is 53.1 Å². The smallest absolute Gasteiger partial charge is 0.236 e. The van der Waals surface area contributed by atoms with E-state index in [1.54, 1.807) is 10.4 Å². The Balaban J connectivity index is 1.47. The van der Waals surface area contributed by atoms with E-state index < -0.39 is 10.0 Å². The molecule has 0 radical (unpaired) electrons. The van der Waals surface area contributed by atoms with Crippen LogP contribution in [0.4, 0.5) is 0 Å². The molecule has 0 N–H and O–H groups in total. The lowest BCUT2D eigenvalue weighted by Gasteiger charge is -2.39. The van der Waals surface area contributed by atoms with Gasteiger partial charge in [0, 0.05) is 57.8 Å². The molecule has 7 heteroatoms. The SMILES string of the molecule is CC(C)CN1CCO[C@@H](CN2CCN(S(=O)(=O)/C=C/c3ccccc3)CC2)C1. The van der Waals surface area contributed by atoms with Gasteiger partial charge in [-0.2, -0.15) is 4.31 Å². The zero-order valence-electron chi connectivity index (χ0n) is 17.0. The van der Waals surface area contributed by atoms with Crippen LogP contribution in [0.5, 0.6) is 0 Å². The van der Waals surface area contributed by atoms with Crippen LogP contribution in [0.2, 0.25) is 0 Å². The summed E-state index contributed by atoms with van der Waals surface area (Å²) >= 11 is 0. The highest BCUT2D eigenvalue weighted by atomic mass is 32.2. The quantitative estimate of drug-likeness (QED) is 0.692. The second-order valence-corrected chi connectivity index (χ2v) is 9.92. The Morgan fingerprint density at radius 1 is 1.07 bits per heavy atom. The van der Waals surface area contributed by atoms with Crippen LogP contribution in [0.25, 0.3) is 6.08 Å². The molecule has 0 aliphatic carbocycles. The van der Waals surface area contributed by atoms with Crippen molar-refractivity contribution in [1.29, 1.82) is 0 Å². The highest BCUT2D eigenvalue weighted by molar-refractivity contribution is 7.92. The van der Waals surface area contributed by atoms with Crippen molar-refractivity contribution in [3.63, 3.8) is 0 Å². The van der Waals surface area contributed by atoms with Crippen LogP contribution in [0, 0.1) is 5.92 Å². The average molecular weight is 408 g/mol. The summed E-state index contributed by atoms with van der Waals surface area (Å²) in [4.78, 5) is 4.81. The number of rotatable bonds is 7. The van der Waals surface area contributed by atoms with Gasteiger partial charge in [0.15, 0.2) is 0 Å². The largest absolute Gasteiger partial charge is 0.374 e. The van der Waals surface area contributed by atoms with E-state index in [0.717, 1.165) is 51.4 Å². The van der Waals surface area contributed by atoms with Gasteiger partial charge in [-0.25, -0.2) is 8.42 Å². The Hall–Kier alpha value is -1.25. The summed E-state index contributed by atoms with van der Waals surface area (Å²) in [6.07, 6.45) is 1.88. The summed E-state index contributed by atoms with van der Waals surface area (Å²) in [5, 5.41) is 1.33. The van der Waals surface area contributed by atoms with Crippen molar-refractivity contribution in [1.82, 2.24) is 14.1 Å². The third-order valence-corrected chi connectivity index (χ3v) is 6.80. The minimum Gasteiger partial charge on any atom is -0.374 e. The highest BCUT2D eigenvalue weighted by Gasteiger charge is 2.28. The first kappa shape index (κ1) is 21.5. The van der Waals surface area contributed by atoms with Gasteiger partial charge >= 0.3 is 0 Å². The summed E-state index contributed by atoms with van der Waals surface area (Å²) in [6.45, 7) is 11.8. The molecule has 2 fully saturated rings. The predicted octanol–water partition coefficient (Wildman–Crippen LogP) is 1.96. The van der Waals surface area contributed by atoms with Crippen molar-refractivity contribution in [3.8, 4) is 0 Å². The van der Waals surface area contributed by atoms with Gasteiger partial charge in [-0.1, -0.05) is 44.2 Å². The van der Waals surface area contributed by atoms with Gasteiger partial charge in [-0.15, -0.1) is 0 Å². The molecule has 0 spiro atoms. The molecule has 0 aromatic heterocycles. The number of morpholine rings is 1. The Morgan fingerprint density at radius 2 is 1.79 bits per heavy atom. The number of benzene rings is 1. The Morgan fingerprint density at radius 3 is 2.46 bits per heavy atom. The number of hydrogen-bond donors (Lipinski definition) is 0. The maximum atomic E-state index is 12.6. The molecule has 28 heavy (non-hydrogen) atoms. The zero-order valence-corrected chi connectivity index (χ0v) is 17.9. The molecule has 2 saturated heterocycles. The van der Waals surface area contributed by atoms with Gasteiger partial charge in [0.05, 0.1) is 12.7 Å². The molecule has 0 saturated carbocycles. The molecule has 6 nitrogen and oxygen atoms in total. The minimum atomic E-state index is -3.37. The first-order chi connectivity index (χ1) is 13.4. The Labute approximate surface area is 169 Å². The lowest BCUT2D eigenvalue weighted by atomic mass is 10.1. The summed E-state index contributed by atoms with van der Waals surface area (Å²) in [5.41, 5.74) is 0.894. The fraction of sp³-hybridized carbons (Fsp3) is 0.619. The third-order valence-electron chi connectivity index (χ3n) is 5.23. The van der Waals surface area contributed by atoms with Crippen molar-refractivity contribution in [3.05, 3.63) is 41.3 Å². The number of hydrogen-bond acceptors (Lipinski definition) is 5. The molecule has 3 rings (SSSR count). The van der Waals surface area contributed by atoms with Crippen LogP contribution < -0.4 is 0 Å².